The highest BCUT2D eigenvalue weighted by Gasteiger charge is 2.56. The normalized spacial score (nSPS) is 39.2. The van der Waals surface area contributed by atoms with Gasteiger partial charge in [0.2, 0.25) is 0 Å². The van der Waals surface area contributed by atoms with Crippen LogP contribution in [0.1, 0.15) is 12.8 Å². The summed E-state index contributed by atoms with van der Waals surface area (Å²) in [7, 11) is 1.61. The molecule has 66 valence electrons. The van der Waals surface area contributed by atoms with Gasteiger partial charge in [0.25, 0.3) is 11.9 Å². The number of amides is 1. The van der Waals surface area contributed by atoms with Crippen LogP contribution in [0.2, 0.25) is 0 Å². The Balaban J connectivity index is 2.05. The van der Waals surface area contributed by atoms with Gasteiger partial charge in [0.05, 0.1) is 6.10 Å². The number of hydrogen-bond donors (Lipinski definition) is 1. The fourth-order valence-electron chi connectivity index (χ4n) is 1.57. The van der Waals surface area contributed by atoms with E-state index < -0.39 is 5.60 Å². The SMILES string of the molecule is COC1CC2(C1)OC(N)=NC2=O. The molecule has 5 heteroatoms. The molecule has 5 nitrogen and oxygen atoms in total. The third-order valence-corrected chi connectivity index (χ3v) is 2.35. The summed E-state index contributed by atoms with van der Waals surface area (Å²) in [5, 5.41) is 0. The number of nitrogens with two attached hydrogens (primary N) is 1. The average Bonchev–Trinajstić information content (AvgIpc) is 2.22. The third-order valence-electron chi connectivity index (χ3n) is 2.35. The van der Waals surface area contributed by atoms with Gasteiger partial charge in [-0.3, -0.25) is 4.79 Å². The van der Waals surface area contributed by atoms with E-state index in [9.17, 15) is 4.79 Å². The van der Waals surface area contributed by atoms with Crippen LogP contribution in [0.4, 0.5) is 0 Å². The van der Waals surface area contributed by atoms with Crippen LogP contribution in [0.25, 0.3) is 0 Å². The lowest BCUT2D eigenvalue weighted by Crippen LogP contribution is -2.53. The maximum absolute atomic E-state index is 11.2. The van der Waals surface area contributed by atoms with Gasteiger partial charge in [0.1, 0.15) is 0 Å². The third kappa shape index (κ3) is 0.828. The summed E-state index contributed by atoms with van der Waals surface area (Å²) in [4.78, 5) is 14.7. The first kappa shape index (κ1) is 7.54. The van der Waals surface area contributed by atoms with E-state index in [1.165, 1.54) is 0 Å². The van der Waals surface area contributed by atoms with Gasteiger partial charge in [-0.05, 0) is 0 Å². The van der Waals surface area contributed by atoms with Crippen LogP contribution < -0.4 is 5.73 Å². The van der Waals surface area contributed by atoms with Gasteiger partial charge >= 0.3 is 0 Å². The second kappa shape index (κ2) is 2.20. The molecule has 1 spiro atoms. The Hall–Kier alpha value is -1.10. The van der Waals surface area contributed by atoms with Gasteiger partial charge in [-0.25, -0.2) is 0 Å². The molecule has 1 saturated carbocycles. The van der Waals surface area contributed by atoms with Crippen molar-refractivity contribution in [3.05, 3.63) is 0 Å². The number of ether oxygens (including phenoxy) is 2. The highest BCUT2D eigenvalue weighted by molar-refractivity contribution is 6.01. The Morgan fingerprint density at radius 1 is 1.75 bits per heavy atom. The predicted molar refractivity (Wildman–Crippen MR) is 40.5 cm³/mol. The molecular weight excluding hydrogens is 160 g/mol. The quantitative estimate of drug-likeness (QED) is 0.570. The van der Waals surface area contributed by atoms with Gasteiger partial charge in [-0.1, -0.05) is 0 Å². The zero-order chi connectivity index (χ0) is 8.77. The van der Waals surface area contributed by atoms with Crippen molar-refractivity contribution in [2.75, 3.05) is 7.11 Å². The molecule has 1 fully saturated rings. The number of carbonyl (C=O) groups is 1. The summed E-state index contributed by atoms with van der Waals surface area (Å²) in [6, 6.07) is -0.0189. The summed E-state index contributed by atoms with van der Waals surface area (Å²) in [6.07, 6.45) is 1.23. The monoisotopic (exact) mass is 170 g/mol. The van der Waals surface area contributed by atoms with Gasteiger partial charge in [0, 0.05) is 20.0 Å². The number of carbonyl (C=O) groups excluding carboxylic acids is 1. The molecule has 0 unspecified atom stereocenters. The van der Waals surface area contributed by atoms with E-state index in [1.807, 2.05) is 0 Å². The fourth-order valence-corrected chi connectivity index (χ4v) is 1.57. The highest BCUT2D eigenvalue weighted by Crippen LogP contribution is 2.41. The van der Waals surface area contributed by atoms with Crippen LogP contribution in [0.15, 0.2) is 4.99 Å². The summed E-state index contributed by atoms with van der Waals surface area (Å²) in [6.45, 7) is 0. The van der Waals surface area contributed by atoms with Crippen molar-refractivity contribution in [2.24, 2.45) is 10.7 Å². The van der Waals surface area contributed by atoms with Crippen molar-refractivity contribution < 1.29 is 14.3 Å². The van der Waals surface area contributed by atoms with Crippen molar-refractivity contribution in [2.45, 2.75) is 24.5 Å². The van der Waals surface area contributed by atoms with E-state index in [4.69, 9.17) is 15.2 Å². The molecule has 1 aliphatic carbocycles. The van der Waals surface area contributed by atoms with Crippen LogP contribution in [-0.4, -0.2) is 30.7 Å². The predicted octanol–water partition coefficient (Wildman–Crippen LogP) is -0.595. The van der Waals surface area contributed by atoms with Crippen molar-refractivity contribution in [1.82, 2.24) is 0 Å². The maximum Gasteiger partial charge on any atom is 0.294 e. The Labute approximate surface area is 69.5 Å². The smallest absolute Gasteiger partial charge is 0.294 e. The van der Waals surface area contributed by atoms with E-state index in [-0.39, 0.29) is 18.0 Å². The Kier molecular flexibility index (Phi) is 1.38. The molecule has 1 amide bonds. The topological polar surface area (TPSA) is 73.9 Å². The van der Waals surface area contributed by atoms with Crippen LogP contribution in [0, 0.1) is 0 Å². The highest BCUT2D eigenvalue weighted by atomic mass is 16.5. The van der Waals surface area contributed by atoms with E-state index in [0.29, 0.717) is 12.8 Å². The lowest BCUT2D eigenvalue weighted by Gasteiger charge is -2.40. The maximum atomic E-state index is 11.2. The number of rotatable bonds is 1. The first-order valence-electron chi connectivity index (χ1n) is 3.77. The largest absolute Gasteiger partial charge is 0.448 e. The van der Waals surface area contributed by atoms with Crippen LogP contribution in [-0.2, 0) is 14.3 Å². The Bertz CT molecular complexity index is 255. The fraction of sp³-hybridized carbons (Fsp3) is 0.714. The Morgan fingerprint density at radius 2 is 2.42 bits per heavy atom. The van der Waals surface area contributed by atoms with Crippen LogP contribution in [0.3, 0.4) is 0 Å². The van der Waals surface area contributed by atoms with Crippen LogP contribution >= 0.6 is 0 Å². The number of methoxy groups -OCH3 is 1. The minimum atomic E-state index is -0.773. The van der Waals surface area contributed by atoms with E-state index in [1.54, 1.807) is 7.11 Å². The van der Waals surface area contributed by atoms with Gasteiger partial charge in [-0.15, -0.1) is 0 Å². The lowest BCUT2D eigenvalue weighted by atomic mass is 9.77. The minimum absolute atomic E-state index is 0.0189. The molecule has 2 N–H and O–H groups in total. The summed E-state index contributed by atoms with van der Waals surface area (Å²) in [5.74, 6) is -0.270. The molecule has 0 saturated heterocycles. The molecule has 0 aromatic rings. The number of aliphatic imine (C=N–C) groups is 1. The van der Waals surface area contributed by atoms with Gasteiger partial charge in [0.15, 0.2) is 5.60 Å². The zero-order valence-corrected chi connectivity index (χ0v) is 6.74. The summed E-state index contributed by atoms with van der Waals surface area (Å²) in [5.41, 5.74) is 4.49. The molecule has 2 rings (SSSR count). The average molecular weight is 170 g/mol. The van der Waals surface area contributed by atoms with E-state index in [2.05, 4.69) is 4.99 Å². The molecular formula is C7H10N2O3. The number of nitrogens with zero attached hydrogens (tertiary/aromatic N) is 1. The van der Waals surface area contributed by atoms with Crippen molar-refractivity contribution in [3.63, 3.8) is 0 Å². The molecule has 0 aromatic carbocycles. The number of hydrogen-bond acceptors (Lipinski definition) is 4. The molecule has 0 atom stereocenters. The summed E-state index contributed by atoms with van der Waals surface area (Å²) < 4.78 is 10.2. The van der Waals surface area contributed by atoms with Gasteiger partial charge in [-0.2, -0.15) is 4.99 Å². The number of amidine groups is 1. The molecule has 2 aliphatic rings. The van der Waals surface area contributed by atoms with Gasteiger partial charge < -0.3 is 15.2 Å². The molecule has 1 heterocycles. The molecule has 1 aliphatic heterocycles. The minimum Gasteiger partial charge on any atom is -0.448 e. The van der Waals surface area contributed by atoms with Crippen molar-refractivity contribution in [1.29, 1.82) is 0 Å². The second-order valence-electron chi connectivity index (χ2n) is 3.12. The summed E-state index contributed by atoms with van der Waals surface area (Å²) >= 11 is 0. The first-order chi connectivity index (χ1) is 5.66. The van der Waals surface area contributed by atoms with Crippen molar-refractivity contribution >= 4 is 11.9 Å². The van der Waals surface area contributed by atoms with Crippen molar-refractivity contribution in [3.8, 4) is 0 Å². The zero-order valence-electron chi connectivity index (χ0n) is 6.74. The van der Waals surface area contributed by atoms with E-state index >= 15 is 0 Å². The molecule has 12 heavy (non-hydrogen) atoms. The lowest BCUT2D eigenvalue weighted by molar-refractivity contribution is -0.153. The molecule has 0 aromatic heterocycles. The van der Waals surface area contributed by atoms with Crippen LogP contribution in [0.5, 0.6) is 0 Å². The van der Waals surface area contributed by atoms with E-state index in [0.717, 1.165) is 0 Å². The molecule has 0 bridgehead atoms. The standard InChI is InChI=1S/C7H10N2O3/c1-11-4-2-7(3-4)5(10)9-6(8)12-7/h4H,2-3H2,1H3,(H2,8,9,10). The Morgan fingerprint density at radius 3 is 2.83 bits per heavy atom. The second-order valence-corrected chi connectivity index (χ2v) is 3.12. The molecule has 0 radical (unpaired) electrons. The first-order valence-corrected chi connectivity index (χ1v) is 3.77.